The number of hydrogen-bond acceptors (Lipinski definition) is 5. The Hall–Kier alpha value is -3.20. The highest BCUT2D eigenvalue weighted by Crippen LogP contribution is 2.30. The molecule has 10 heteroatoms. The van der Waals surface area contributed by atoms with Gasteiger partial charge in [-0.3, -0.25) is 14.6 Å². The monoisotopic (exact) mass is 487 g/mol. The average molecular weight is 488 g/mol. The second kappa shape index (κ2) is 8.38. The summed E-state index contributed by atoms with van der Waals surface area (Å²) in [5.41, 5.74) is 1.61. The molecule has 0 atom stereocenters. The zero-order valence-electron chi connectivity index (χ0n) is 16.5. The van der Waals surface area contributed by atoms with E-state index in [0.29, 0.717) is 11.7 Å². The van der Waals surface area contributed by atoms with Crippen LogP contribution in [0, 0.1) is 6.92 Å². The summed E-state index contributed by atoms with van der Waals surface area (Å²) in [5, 5.41) is 3.31. The molecule has 0 saturated heterocycles. The number of aryl methyl sites for hydroxylation is 1. The summed E-state index contributed by atoms with van der Waals surface area (Å²) in [6, 6.07) is 10.7. The van der Waals surface area contributed by atoms with Crippen LogP contribution in [0.4, 0.5) is 5.69 Å². The maximum atomic E-state index is 13.3. The highest BCUT2D eigenvalue weighted by atomic mass is 35.5. The van der Waals surface area contributed by atoms with Crippen molar-refractivity contribution >= 4 is 62.0 Å². The van der Waals surface area contributed by atoms with E-state index in [1.165, 1.54) is 48.9 Å². The zero-order chi connectivity index (χ0) is 23.0. The third-order valence-corrected chi connectivity index (χ3v) is 7.12. The molecule has 1 N–H and O–H groups in total. The van der Waals surface area contributed by atoms with E-state index < -0.39 is 15.9 Å². The minimum absolute atomic E-state index is 0.0580. The van der Waals surface area contributed by atoms with E-state index in [4.69, 9.17) is 23.2 Å². The van der Waals surface area contributed by atoms with Crippen molar-refractivity contribution < 1.29 is 18.0 Å². The van der Waals surface area contributed by atoms with E-state index in [9.17, 15) is 18.0 Å². The normalized spacial score (nSPS) is 11.5. The number of halogens is 2. The van der Waals surface area contributed by atoms with Crippen molar-refractivity contribution in [3.63, 3.8) is 0 Å². The third kappa shape index (κ3) is 3.88. The lowest BCUT2D eigenvalue weighted by molar-refractivity contribution is 0.102. The summed E-state index contributed by atoms with van der Waals surface area (Å²) >= 11 is 12.1. The number of nitrogens with one attached hydrogen (secondary N) is 1. The number of pyridine rings is 1. The molecule has 0 aliphatic rings. The Morgan fingerprint density at radius 2 is 1.72 bits per heavy atom. The standard InChI is InChI=1S/C22H15Cl2N3O4S/c1-13-2-5-16(6-3-13)32(30,31)27-11-15(12-28)17-7-4-14(8-20(17)27)22(29)26-21-18(23)9-25-10-19(21)24/h2-12H,1H3,(H,25,26,29). The van der Waals surface area contributed by atoms with Crippen molar-refractivity contribution in [2.75, 3.05) is 5.32 Å². The van der Waals surface area contributed by atoms with Crippen LogP contribution in [0.25, 0.3) is 10.9 Å². The van der Waals surface area contributed by atoms with Gasteiger partial charge in [0, 0.05) is 35.1 Å². The van der Waals surface area contributed by atoms with Gasteiger partial charge < -0.3 is 5.32 Å². The number of aromatic nitrogens is 2. The van der Waals surface area contributed by atoms with Crippen LogP contribution in [-0.2, 0) is 10.0 Å². The lowest BCUT2D eigenvalue weighted by Gasteiger charge is -2.10. The van der Waals surface area contributed by atoms with Crippen molar-refractivity contribution in [2.45, 2.75) is 11.8 Å². The summed E-state index contributed by atoms with van der Waals surface area (Å²) in [6.45, 7) is 1.85. The number of amides is 1. The van der Waals surface area contributed by atoms with Crippen LogP contribution in [-0.4, -0.2) is 29.6 Å². The number of nitrogens with zero attached hydrogens (tertiary/aromatic N) is 2. The van der Waals surface area contributed by atoms with Gasteiger partial charge in [-0.05, 0) is 31.2 Å². The molecular formula is C22H15Cl2N3O4S. The van der Waals surface area contributed by atoms with Crippen LogP contribution in [0.5, 0.6) is 0 Å². The molecule has 1 amide bonds. The Morgan fingerprint density at radius 1 is 1.06 bits per heavy atom. The van der Waals surface area contributed by atoms with Crippen molar-refractivity contribution in [2.24, 2.45) is 0 Å². The van der Waals surface area contributed by atoms with Crippen molar-refractivity contribution in [1.29, 1.82) is 0 Å². The topological polar surface area (TPSA) is 98.1 Å². The summed E-state index contributed by atoms with van der Waals surface area (Å²) < 4.78 is 27.5. The van der Waals surface area contributed by atoms with Crippen LogP contribution in [0.15, 0.2) is 66.0 Å². The summed E-state index contributed by atoms with van der Waals surface area (Å²) in [6.07, 6.45) is 4.48. The number of aldehydes is 1. The first-order valence-electron chi connectivity index (χ1n) is 9.25. The van der Waals surface area contributed by atoms with Gasteiger partial charge in [0.2, 0.25) is 0 Å². The van der Waals surface area contributed by atoms with Gasteiger partial charge in [-0.15, -0.1) is 0 Å². The Bertz CT molecular complexity index is 1460. The second-order valence-electron chi connectivity index (χ2n) is 6.98. The number of rotatable bonds is 5. The first-order valence-corrected chi connectivity index (χ1v) is 11.4. The molecule has 32 heavy (non-hydrogen) atoms. The molecule has 0 saturated carbocycles. The molecule has 2 aromatic heterocycles. The molecule has 0 aliphatic heterocycles. The second-order valence-corrected chi connectivity index (χ2v) is 9.61. The van der Waals surface area contributed by atoms with Crippen molar-refractivity contribution in [1.82, 2.24) is 8.96 Å². The van der Waals surface area contributed by atoms with E-state index in [1.54, 1.807) is 12.1 Å². The molecule has 4 rings (SSSR count). The van der Waals surface area contributed by atoms with E-state index in [1.807, 2.05) is 6.92 Å². The fraction of sp³-hybridized carbons (Fsp3) is 0.0455. The molecule has 0 unspecified atom stereocenters. The Morgan fingerprint density at radius 3 is 2.34 bits per heavy atom. The number of carbonyl (C=O) groups is 2. The fourth-order valence-electron chi connectivity index (χ4n) is 3.20. The Labute approximate surface area is 193 Å². The summed E-state index contributed by atoms with van der Waals surface area (Å²) in [5.74, 6) is -0.560. The Kier molecular flexibility index (Phi) is 5.77. The molecule has 0 aliphatic carbocycles. The maximum Gasteiger partial charge on any atom is 0.268 e. The predicted octanol–water partition coefficient (Wildman–Crippen LogP) is 4.95. The minimum Gasteiger partial charge on any atom is -0.319 e. The van der Waals surface area contributed by atoms with Gasteiger partial charge in [0.15, 0.2) is 6.29 Å². The van der Waals surface area contributed by atoms with Crippen LogP contribution in [0.1, 0.15) is 26.3 Å². The fourth-order valence-corrected chi connectivity index (χ4v) is 5.03. The number of anilines is 1. The summed E-state index contributed by atoms with van der Waals surface area (Å²) in [7, 11) is -4.01. The highest BCUT2D eigenvalue weighted by Gasteiger charge is 2.22. The van der Waals surface area contributed by atoms with Crippen molar-refractivity contribution in [3.05, 3.63) is 87.8 Å². The summed E-state index contributed by atoms with van der Waals surface area (Å²) in [4.78, 5) is 28.3. The first-order chi connectivity index (χ1) is 15.2. The van der Waals surface area contributed by atoms with Crippen LogP contribution >= 0.6 is 23.2 Å². The van der Waals surface area contributed by atoms with Gasteiger partial charge in [-0.25, -0.2) is 12.4 Å². The van der Waals surface area contributed by atoms with E-state index in [-0.39, 0.29) is 37.3 Å². The third-order valence-electron chi connectivity index (χ3n) is 4.86. The quantitative estimate of drug-likeness (QED) is 0.401. The molecule has 0 radical (unpaired) electrons. The smallest absolute Gasteiger partial charge is 0.268 e. The zero-order valence-corrected chi connectivity index (χ0v) is 18.9. The van der Waals surface area contributed by atoms with Crippen LogP contribution < -0.4 is 5.32 Å². The van der Waals surface area contributed by atoms with E-state index >= 15 is 0 Å². The number of fused-ring (bicyclic) bond motifs is 1. The first kappa shape index (κ1) is 22.0. The van der Waals surface area contributed by atoms with E-state index in [0.717, 1.165) is 9.54 Å². The molecule has 0 fully saturated rings. The molecule has 4 aromatic rings. The molecule has 2 heterocycles. The van der Waals surface area contributed by atoms with Gasteiger partial charge in [-0.2, -0.15) is 0 Å². The van der Waals surface area contributed by atoms with Gasteiger partial charge >= 0.3 is 0 Å². The molecular weight excluding hydrogens is 473 g/mol. The van der Waals surface area contributed by atoms with Gasteiger partial charge in [0.25, 0.3) is 15.9 Å². The number of carbonyl (C=O) groups excluding carboxylic acids is 2. The average Bonchev–Trinajstić information content (AvgIpc) is 3.15. The largest absolute Gasteiger partial charge is 0.319 e. The lowest BCUT2D eigenvalue weighted by atomic mass is 10.1. The minimum atomic E-state index is -4.01. The number of hydrogen-bond donors (Lipinski definition) is 1. The number of benzene rings is 2. The van der Waals surface area contributed by atoms with Gasteiger partial charge in [0.05, 0.1) is 26.1 Å². The molecule has 7 nitrogen and oxygen atoms in total. The maximum absolute atomic E-state index is 13.3. The van der Waals surface area contributed by atoms with Gasteiger partial charge in [0.1, 0.15) is 0 Å². The van der Waals surface area contributed by atoms with E-state index in [2.05, 4.69) is 10.3 Å². The molecule has 2 aromatic carbocycles. The molecule has 0 bridgehead atoms. The lowest BCUT2D eigenvalue weighted by Crippen LogP contribution is -2.14. The van der Waals surface area contributed by atoms with Gasteiger partial charge in [-0.1, -0.05) is 47.0 Å². The van der Waals surface area contributed by atoms with Crippen molar-refractivity contribution in [3.8, 4) is 0 Å². The van der Waals surface area contributed by atoms with Crippen LogP contribution in [0.2, 0.25) is 10.0 Å². The molecule has 0 spiro atoms. The highest BCUT2D eigenvalue weighted by molar-refractivity contribution is 7.90. The predicted molar refractivity (Wildman–Crippen MR) is 123 cm³/mol. The molecule has 162 valence electrons. The Balaban J connectivity index is 1.82. The SMILES string of the molecule is Cc1ccc(S(=O)(=O)n2cc(C=O)c3ccc(C(=O)Nc4c(Cl)cncc4Cl)cc32)cc1. The van der Waals surface area contributed by atoms with Crippen LogP contribution in [0.3, 0.4) is 0 Å².